The van der Waals surface area contributed by atoms with Crippen LogP contribution in [-0.2, 0) is 0 Å². The van der Waals surface area contributed by atoms with E-state index in [1.165, 1.54) is 0 Å². The van der Waals surface area contributed by atoms with E-state index in [0.717, 1.165) is 12.7 Å². The van der Waals surface area contributed by atoms with Gasteiger partial charge in [-0.3, -0.25) is 4.79 Å². The Morgan fingerprint density at radius 1 is 1.33 bits per heavy atom. The SMILES string of the molecule is COc1cc(C=O)cc2c1OCCCO2. The third kappa shape index (κ3) is 1.88. The van der Waals surface area contributed by atoms with Gasteiger partial charge in [0.1, 0.15) is 6.29 Å². The van der Waals surface area contributed by atoms with Gasteiger partial charge in [0.2, 0.25) is 5.75 Å². The number of methoxy groups -OCH3 is 1. The molecule has 0 atom stereocenters. The normalized spacial score (nSPS) is 14.2. The van der Waals surface area contributed by atoms with Crippen LogP contribution in [0.2, 0.25) is 0 Å². The van der Waals surface area contributed by atoms with Crippen molar-refractivity contribution >= 4 is 6.29 Å². The number of hydrogen-bond donors (Lipinski definition) is 0. The second-order valence-electron chi connectivity index (χ2n) is 3.22. The number of fused-ring (bicyclic) bond motifs is 1. The van der Waals surface area contributed by atoms with E-state index >= 15 is 0 Å². The highest BCUT2D eigenvalue weighted by atomic mass is 16.5. The number of aldehydes is 1. The maximum absolute atomic E-state index is 10.7. The van der Waals surface area contributed by atoms with Crippen molar-refractivity contribution in [3.05, 3.63) is 17.7 Å². The quantitative estimate of drug-likeness (QED) is 0.693. The maximum Gasteiger partial charge on any atom is 0.203 e. The largest absolute Gasteiger partial charge is 0.493 e. The fourth-order valence-electron chi connectivity index (χ4n) is 1.48. The topological polar surface area (TPSA) is 44.8 Å². The van der Waals surface area contributed by atoms with E-state index in [1.54, 1.807) is 19.2 Å². The first-order valence-corrected chi connectivity index (χ1v) is 4.78. The second kappa shape index (κ2) is 4.21. The van der Waals surface area contributed by atoms with Crippen LogP contribution in [0, 0.1) is 0 Å². The van der Waals surface area contributed by atoms with Crippen LogP contribution in [0.4, 0.5) is 0 Å². The van der Waals surface area contributed by atoms with Gasteiger partial charge in [0.05, 0.1) is 20.3 Å². The summed E-state index contributed by atoms with van der Waals surface area (Å²) in [5.41, 5.74) is 0.524. The Morgan fingerprint density at radius 2 is 2.13 bits per heavy atom. The van der Waals surface area contributed by atoms with Crippen molar-refractivity contribution in [3.63, 3.8) is 0 Å². The molecule has 0 saturated carbocycles. The minimum Gasteiger partial charge on any atom is -0.493 e. The Morgan fingerprint density at radius 3 is 2.87 bits per heavy atom. The van der Waals surface area contributed by atoms with Crippen LogP contribution in [0.15, 0.2) is 12.1 Å². The summed E-state index contributed by atoms with van der Waals surface area (Å²) in [6.45, 7) is 1.20. The molecule has 0 bridgehead atoms. The maximum atomic E-state index is 10.7. The molecule has 0 spiro atoms. The van der Waals surface area contributed by atoms with E-state index in [-0.39, 0.29) is 0 Å². The van der Waals surface area contributed by atoms with E-state index in [4.69, 9.17) is 14.2 Å². The van der Waals surface area contributed by atoms with Crippen LogP contribution in [0.3, 0.4) is 0 Å². The molecule has 1 aliphatic heterocycles. The highest BCUT2D eigenvalue weighted by Crippen LogP contribution is 2.39. The molecular weight excluding hydrogens is 196 g/mol. The van der Waals surface area contributed by atoms with Crippen molar-refractivity contribution in [1.29, 1.82) is 0 Å². The Hall–Kier alpha value is -1.71. The summed E-state index contributed by atoms with van der Waals surface area (Å²) in [6, 6.07) is 3.30. The third-order valence-corrected chi connectivity index (χ3v) is 2.19. The van der Waals surface area contributed by atoms with Gasteiger partial charge in [-0.1, -0.05) is 0 Å². The molecule has 0 N–H and O–H groups in total. The Labute approximate surface area is 87.8 Å². The van der Waals surface area contributed by atoms with Gasteiger partial charge < -0.3 is 14.2 Å². The first kappa shape index (κ1) is 9.83. The van der Waals surface area contributed by atoms with Crippen LogP contribution >= 0.6 is 0 Å². The Balaban J connectivity index is 2.49. The van der Waals surface area contributed by atoms with Crippen LogP contribution < -0.4 is 14.2 Å². The standard InChI is InChI=1S/C11H12O4/c1-13-9-5-8(7-12)6-10-11(9)15-4-2-3-14-10/h5-7H,2-4H2,1H3. The lowest BCUT2D eigenvalue weighted by Gasteiger charge is -2.11. The molecule has 0 fully saturated rings. The van der Waals surface area contributed by atoms with Gasteiger partial charge in [-0.25, -0.2) is 0 Å². The van der Waals surface area contributed by atoms with Crippen LogP contribution in [0.25, 0.3) is 0 Å². The summed E-state index contributed by atoms with van der Waals surface area (Å²) < 4.78 is 16.1. The van der Waals surface area contributed by atoms with Crippen LogP contribution in [0.1, 0.15) is 16.8 Å². The van der Waals surface area contributed by atoms with E-state index < -0.39 is 0 Å². The molecule has 4 heteroatoms. The number of carbonyl (C=O) groups excluding carboxylic acids is 1. The monoisotopic (exact) mass is 208 g/mol. The Bertz CT molecular complexity index is 373. The molecule has 0 unspecified atom stereocenters. The van der Waals surface area contributed by atoms with Gasteiger partial charge in [0.25, 0.3) is 0 Å². The van der Waals surface area contributed by atoms with Crippen molar-refractivity contribution in [2.24, 2.45) is 0 Å². The molecule has 0 aromatic heterocycles. The van der Waals surface area contributed by atoms with Gasteiger partial charge in [0, 0.05) is 12.0 Å². The van der Waals surface area contributed by atoms with E-state index in [0.29, 0.717) is 36.0 Å². The molecule has 1 aromatic rings. The van der Waals surface area contributed by atoms with Crippen molar-refractivity contribution < 1.29 is 19.0 Å². The molecule has 15 heavy (non-hydrogen) atoms. The minimum atomic E-state index is 0.524. The lowest BCUT2D eigenvalue weighted by atomic mass is 10.2. The molecule has 1 heterocycles. The number of hydrogen-bond acceptors (Lipinski definition) is 4. The molecule has 0 radical (unpaired) electrons. The van der Waals surface area contributed by atoms with E-state index in [2.05, 4.69) is 0 Å². The average molecular weight is 208 g/mol. The van der Waals surface area contributed by atoms with Crippen molar-refractivity contribution in [2.45, 2.75) is 6.42 Å². The number of rotatable bonds is 2. The van der Waals surface area contributed by atoms with Crippen molar-refractivity contribution in [2.75, 3.05) is 20.3 Å². The predicted octanol–water partition coefficient (Wildman–Crippen LogP) is 1.67. The molecule has 80 valence electrons. The highest BCUT2D eigenvalue weighted by molar-refractivity contribution is 5.78. The fraction of sp³-hybridized carbons (Fsp3) is 0.364. The zero-order valence-electron chi connectivity index (χ0n) is 8.49. The molecular formula is C11H12O4. The molecule has 4 nitrogen and oxygen atoms in total. The smallest absolute Gasteiger partial charge is 0.203 e. The summed E-state index contributed by atoms with van der Waals surface area (Å²) in [5.74, 6) is 1.70. The Kier molecular flexibility index (Phi) is 2.76. The zero-order chi connectivity index (χ0) is 10.7. The second-order valence-corrected chi connectivity index (χ2v) is 3.22. The predicted molar refractivity (Wildman–Crippen MR) is 54.0 cm³/mol. The molecule has 2 rings (SSSR count). The summed E-state index contributed by atoms with van der Waals surface area (Å²) in [7, 11) is 1.54. The average Bonchev–Trinajstić information content (AvgIpc) is 2.52. The summed E-state index contributed by atoms with van der Waals surface area (Å²) in [5, 5.41) is 0. The van der Waals surface area contributed by atoms with Crippen LogP contribution in [-0.4, -0.2) is 26.6 Å². The first-order chi connectivity index (χ1) is 7.35. The number of ether oxygens (including phenoxy) is 3. The van der Waals surface area contributed by atoms with Gasteiger partial charge in [-0.2, -0.15) is 0 Å². The van der Waals surface area contributed by atoms with E-state index in [9.17, 15) is 4.79 Å². The number of benzene rings is 1. The number of carbonyl (C=O) groups is 1. The van der Waals surface area contributed by atoms with Crippen LogP contribution in [0.5, 0.6) is 17.2 Å². The summed E-state index contributed by atoms with van der Waals surface area (Å²) >= 11 is 0. The van der Waals surface area contributed by atoms with Gasteiger partial charge in [-0.15, -0.1) is 0 Å². The lowest BCUT2D eigenvalue weighted by molar-refractivity contribution is 0.112. The van der Waals surface area contributed by atoms with E-state index in [1.807, 2.05) is 0 Å². The third-order valence-electron chi connectivity index (χ3n) is 2.19. The zero-order valence-corrected chi connectivity index (χ0v) is 8.49. The molecule has 1 aliphatic rings. The highest BCUT2D eigenvalue weighted by Gasteiger charge is 2.16. The molecule has 0 amide bonds. The molecule has 1 aromatic carbocycles. The minimum absolute atomic E-state index is 0.524. The molecule has 0 saturated heterocycles. The van der Waals surface area contributed by atoms with Gasteiger partial charge in [-0.05, 0) is 12.1 Å². The summed E-state index contributed by atoms with van der Waals surface area (Å²) in [4.78, 5) is 10.7. The van der Waals surface area contributed by atoms with Gasteiger partial charge >= 0.3 is 0 Å². The fourth-order valence-corrected chi connectivity index (χ4v) is 1.48. The van der Waals surface area contributed by atoms with Gasteiger partial charge in [0.15, 0.2) is 11.5 Å². The van der Waals surface area contributed by atoms with Crippen molar-refractivity contribution in [1.82, 2.24) is 0 Å². The summed E-state index contributed by atoms with van der Waals surface area (Å²) in [6.07, 6.45) is 1.59. The first-order valence-electron chi connectivity index (χ1n) is 4.78. The molecule has 0 aliphatic carbocycles. The van der Waals surface area contributed by atoms with Crippen molar-refractivity contribution in [3.8, 4) is 17.2 Å². The lowest BCUT2D eigenvalue weighted by Crippen LogP contribution is -1.98.